The van der Waals surface area contributed by atoms with Crippen molar-refractivity contribution in [2.75, 3.05) is 19.6 Å². The summed E-state index contributed by atoms with van der Waals surface area (Å²) in [6.45, 7) is 3.64. The maximum Gasteiger partial charge on any atom is 0.226 e. The number of H-pyrrole nitrogens is 1. The fourth-order valence-electron chi connectivity index (χ4n) is 4.66. The largest absolute Gasteiger partial charge is 0.348 e. The van der Waals surface area contributed by atoms with E-state index in [-0.39, 0.29) is 11.5 Å². The molecule has 0 unspecified atom stereocenters. The number of likely N-dealkylation sites (tertiary alicyclic amines) is 1. The lowest BCUT2D eigenvalue weighted by Gasteiger charge is -2.50. The number of imidazole rings is 1. The topological polar surface area (TPSA) is 65.1 Å². The Morgan fingerprint density at radius 2 is 2.04 bits per heavy atom. The van der Waals surface area contributed by atoms with E-state index in [0.717, 1.165) is 69.7 Å². The third-order valence-corrected chi connectivity index (χ3v) is 6.25. The number of amides is 1. The zero-order chi connectivity index (χ0) is 17.6. The fourth-order valence-corrected chi connectivity index (χ4v) is 4.66. The molecule has 2 aromatic rings. The maximum absolute atomic E-state index is 13.0. The first-order chi connectivity index (χ1) is 12.8. The van der Waals surface area contributed by atoms with Gasteiger partial charge in [-0.05, 0) is 37.8 Å². The first-order valence-corrected chi connectivity index (χ1v) is 9.73. The smallest absolute Gasteiger partial charge is 0.226 e. The Hall–Kier alpha value is -2.21. The van der Waals surface area contributed by atoms with Crippen molar-refractivity contribution in [1.82, 2.24) is 24.8 Å². The van der Waals surface area contributed by atoms with Crippen molar-refractivity contribution in [3.8, 4) is 0 Å². The molecule has 1 saturated heterocycles. The van der Waals surface area contributed by atoms with E-state index in [0.29, 0.717) is 5.91 Å². The highest BCUT2D eigenvalue weighted by molar-refractivity contribution is 5.82. The summed E-state index contributed by atoms with van der Waals surface area (Å²) >= 11 is 0. The lowest BCUT2D eigenvalue weighted by Crippen LogP contribution is -2.58. The summed E-state index contributed by atoms with van der Waals surface area (Å²) in [7, 11) is 0. The minimum absolute atomic E-state index is 0.214. The normalized spacial score (nSPS) is 22.4. The fraction of sp³-hybridized carbons (Fsp3) is 0.550. The number of pyridine rings is 1. The molecule has 0 bridgehead atoms. The van der Waals surface area contributed by atoms with Crippen molar-refractivity contribution < 1.29 is 4.79 Å². The summed E-state index contributed by atoms with van der Waals surface area (Å²) in [5.74, 6) is 0.621. The molecule has 1 saturated carbocycles. The van der Waals surface area contributed by atoms with Crippen LogP contribution in [0, 0.1) is 5.92 Å². The van der Waals surface area contributed by atoms with Crippen LogP contribution < -0.4 is 0 Å². The van der Waals surface area contributed by atoms with Gasteiger partial charge in [-0.25, -0.2) is 4.98 Å². The van der Waals surface area contributed by atoms with Crippen LogP contribution in [0.2, 0.25) is 0 Å². The SMILES string of the molecule is O=C(C1CC1)N1CCc2[nH]cnc2C12CCN(Cc1ccccn1)CC2. The predicted molar refractivity (Wildman–Crippen MR) is 97.2 cm³/mol. The molecule has 1 spiro atoms. The van der Waals surface area contributed by atoms with E-state index in [1.807, 2.05) is 18.3 Å². The first kappa shape index (κ1) is 16.0. The van der Waals surface area contributed by atoms with E-state index in [1.54, 1.807) is 6.33 Å². The average Bonchev–Trinajstić information content (AvgIpc) is 3.41. The monoisotopic (exact) mass is 351 g/mol. The van der Waals surface area contributed by atoms with Gasteiger partial charge < -0.3 is 9.88 Å². The number of carbonyl (C=O) groups excluding carboxylic acids is 1. The number of carbonyl (C=O) groups is 1. The summed E-state index contributed by atoms with van der Waals surface area (Å²) in [6, 6.07) is 6.08. The van der Waals surface area contributed by atoms with Gasteiger partial charge >= 0.3 is 0 Å². The van der Waals surface area contributed by atoms with Gasteiger partial charge in [-0.2, -0.15) is 0 Å². The van der Waals surface area contributed by atoms with E-state index < -0.39 is 0 Å². The second-order valence-electron chi connectivity index (χ2n) is 7.87. The molecule has 6 nitrogen and oxygen atoms in total. The molecule has 6 heteroatoms. The molecule has 0 aromatic carbocycles. The molecule has 2 fully saturated rings. The van der Waals surface area contributed by atoms with Crippen LogP contribution in [0.15, 0.2) is 30.7 Å². The number of nitrogens with one attached hydrogen (secondary N) is 1. The first-order valence-electron chi connectivity index (χ1n) is 9.73. The highest BCUT2D eigenvalue weighted by Gasteiger charge is 2.50. The third kappa shape index (κ3) is 2.63. The van der Waals surface area contributed by atoms with Gasteiger partial charge in [-0.15, -0.1) is 0 Å². The number of fused-ring (bicyclic) bond motifs is 2. The standard InChI is InChI=1S/C20H25N5O/c26-19(15-4-5-15)25-10-6-17-18(23-14-22-17)20(25)7-11-24(12-8-20)13-16-3-1-2-9-21-16/h1-3,9,14-15H,4-8,10-13H2,(H,22,23). The Kier molecular flexibility index (Phi) is 3.81. The molecule has 1 aliphatic carbocycles. The van der Waals surface area contributed by atoms with E-state index in [9.17, 15) is 4.79 Å². The number of piperidine rings is 1. The highest BCUT2D eigenvalue weighted by Crippen LogP contribution is 2.45. The van der Waals surface area contributed by atoms with Crippen LogP contribution in [0.4, 0.5) is 0 Å². The molecule has 26 heavy (non-hydrogen) atoms. The van der Waals surface area contributed by atoms with Crippen molar-refractivity contribution >= 4 is 5.91 Å². The average molecular weight is 351 g/mol. The minimum atomic E-state index is -0.214. The van der Waals surface area contributed by atoms with Crippen LogP contribution in [-0.4, -0.2) is 50.3 Å². The lowest BCUT2D eigenvalue weighted by atomic mass is 9.78. The van der Waals surface area contributed by atoms with Crippen molar-refractivity contribution in [2.24, 2.45) is 5.92 Å². The molecule has 3 aliphatic rings. The van der Waals surface area contributed by atoms with Gasteiger partial charge in [0.2, 0.25) is 5.91 Å². The molecular weight excluding hydrogens is 326 g/mol. The van der Waals surface area contributed by atoms with Gasteiger partial charge in [-0.1, -0.05) is 6.07 Å². The Bertz CT molecular complexity index is 790. The highest BCUT2D eigenvalue weighted by atomic mass is 16.2. The van der Waals surface area contributed by atoms with Crippen LogP contribution in [-0.2, 0) is 23.3 Å². The number of nitrogens with zero attached hydrogens (tertiary/aromatic N) is 4. The van der Waals surface area contributed by atoms with Crippen LogP contribution >= 0.6 is 0 Å². The van der Waals surface area contributed by atoms with E-state index >= 15 is 0 Å². The zero-order valence-corrected chi connectivity index (χ0v) is 15.0. The van der Waals surface area contributed by atoms with E-state index in [1.165, 1.54) is 5.69 Å². The molecule has 0 radical (unpaired) electrons. The van der Waals surface area contributed by atoms with Gasteiger partial charge in [0.1, 0.15) is 0 Å². The minimum Gasteiger partial charge on any atom is -0.348 e. The maximum atomic E-state index is 13.0. The molecule has 4 heterocycles. The predicted octanol–water partition coefficient (Wildman–Crippen LogP) is 2.09. The van der Waals surface area contributed by atoms with Gasteiger partial charge in [0.25, 0.3) is 0 Å². The Labute approximate surface area is 153 Å². The van der Waals surface area contributed by atoms with Crippen LogP contribution in [0.1, 0.15) is 42.8 Å². The number of rotatable bonds is 3. The molecule has 1 amide bonds. The molecule has 136 valence electrons. The van der Waals surface area contributed by atoms with Crippen LogP contribution in [0.5, 0.6) is 0 Å². The summed E-state index contributed by atoms with van der Waals surface area (Å²) in [6.07, 6.45) is 8.58. The van der Waals surface area contributed by atoms with E-state index in [2.05, 4.69) is 30.8 Å². The van der Waals surface area contributed by atoms with Gasteiger partial charge in [0, 0.05) is 50.4 Å². The molecular formula is C20H25N5O. The van der Waals surface area contributed by atoms with Crippen LogP contribution in [0.3, 0.4) is 0 Å². The van der Waals surface area contributed by atoms with Crippen molar-refractivity contribution in [1.29, 1.82) is 0 Å². The molecule has 0 atom stereocenters. The zero-order valence-electron chi connectivity index (χ0n) is 15.0. The van der Waals surface area contributed by atoms with Gasteiger partial charge in [0.15, 0.2) is 0 Å². The van der Waals surface area contributed by atoms with E-state index in [4.69, 9.17) is 0 Å². The summed E-state index contributed by atoms with van der Waals surface area (Å²) in [5.41, 5.74) is 3.24. The van der Waals surface area contributed by atoms with Gasteiger partial charge in [0.05, 0.1) is 23.3 Å². The summed E-state index contributed by atoms with van der Waals surface area (Å²) < 4.78 is 0. The van der Waals surface area contributed by atoms with Gasteiger partial charge in [-0.3, -0.25) is 14.7 Å². The Morgan fingerprint density at radius 1 is 1.19 bits per heavy atom. The quantitative estimate of drug-likeness (QED) is 0.920. The lowest BCUT2D eigenvalue weighted by molar-refractivity contribution is -0.143. The molecule has 2 aromatic heterocycles. The molecule has 1 N–H and O–H groups in total. The molecule has 2 aliphatic heterocycles. The Balaban J connectivity index is 1.38. The number of hydrogen-bond donors (Lipinski definition) is 1. The second kappa shape index (κ2) is 6.20. The third-order valence-electron chi connectivity index (χ3n) is 6.25. The van der Waals surface area contributed by atoms with Crippen LogP contribution in [0.25, 0.3) is 0 Å². The van der Waals surface area contributed by atoms with Crippen molar-refractivity contribution in [3.63, 3.8) is 0 Å². The molecule has 5 rings (SSSR count). The number of hydrogen-bond acceptors (Lipinski definition) is 4. The number of aromatic nitrogens is 3. The summed E-state index contributed by atoms with van der Waals surface area (Å²) in [5, 5.41) is 0. The van der Waals surface area contributed by atoms with Crippen molar-refractivity contribution in [3.05, 3.63) is 47.8 Å². The van der Waals surface area contributed by atoms with Crippen molar-refractivity contribution in [2.45, 2.75) is 44.2 Å². The number of aromatic amines is 1. The second-order valence-corrected chi connectivity index (χ2v) is 7.87. The summed E-state index contributed by atoms with van der Waals surface area (Å²) in [4.78, 5) is 30.1. The Morgan fingerprint density at radius 3 is 2.77 bits per heavy atom.